The van der Waals surface area contributed by atoms with Gasteiger partial charge in [-0.2, -0.15) is 0 Å². The van der Waals surface area contributed by atoms with Gasteiger partial charge in [0.2, 0.25) is 0 Å². The van der Waals surface area contributed by atoms with E-state index in [1.165, 1.54) is 11.1 Å². The number of aryl methyl sites for hydroxylation is 2. The zero-order valence-corrected chi connectivity index (χ0v) is 13.7. The molecule has 5 heteroatoms. The van der Waals surface area contributed by atoms with Gasteiger partial charge in [-0.25, -0.2) is 0 Å². The largest absolute Gasteiger partial charge is 0.345 e. The molecule has 0 saturated heterocycles. The number of hydrogen-bond donors (Lipinski definition) is 0. The molecule has 104 valence electrons. The van der Waals surface area contributed by atoms with Gasteiger partial charge in [0.1, 0.15) is 0 Å². The number of benzene rings is 2. The summed E-state index contributed by atoms with van der Waals surface area (Å²) in [6.45, 7) is 4.12. The van der Waals surface area contributed by atoms with E-state index in [2.05, 4.69) is 32.0 Å². The van der Waals surface area contributed by atoms with Gasteiger partial charge in [-0.15, -0.1) is 0 Å². The third kappa shape index (κ3) is 3.09. The number of nitro groups is 1. The molecule has 0 aliphatic rings. The van der Waals surface area contributed by atoms with Crippen molar-refractivity contribution in [1.82, 2.24) is 0 Å². The summed E-state index contributed by atoms with van der Waals surface area (Å²) in [7, 11) is 1.96. The van der Waals surface area contributed by atoms with Gasteiger partial charge in [0.05, 0.1) is 8.49 Å². The van der Waals surface area contributed by atoms with Crippen molar-refractivity contribution in [2.45, 2.75) is 13.8 Å². The molecule has 2 rings (SSSR count). The van der Waals surface area contributed by atoms with E-state index in [0.29, 0.717) is 3.57 Å². The van der Waals surface area contributed by atoms with Crippen LogP contribution < -0.4 is 4.90 Å². The molecule has 4 nitrogen and oxygen atoms in total. The molecule has 2 aromatic rings. The van der Waals surface area contributed by atoms with Gasteiger partial charge in [-0.05, 0) is 71.8 Å². The number of halogens is 1. The molecule has 0 aliphatic heterocycles. The van der Waals surface area contributed by atoms with Crippen LogP contribution in [0.2, 0.25) is 0 Å². The van der Waals surface area contributed by atoms with Crippen molar-refractivity contribution < 1.29 is 4.92 Å². The summed E-state index contributed by atoms with van der Waals surface area (Å²) in [6.07, 6.45) is 0. The van der Waals surface area contributed by atoms with Gasteiger partial charge in [0.15, 0.2) is 0 Å². The zero-order chi connectivity index (χ0) is 14.9. The van der Waals surface area contributed by atoms with Crippen LogP contribution in [0, 0.1) is 27.5 Å². The first-order chi connectivity index (χ1) is 9.38. The maximum absolute atomic E-state index is 10.8. The fourth-order valence-electron chi connectivity index (χ4n) is 2.15. The molecule has 0 atom stereocenters. The number of nitro benzene ring substituents is 1. The maximum Gasteiger partial charge on any atom is 0.282 e. The van der Waals surface area contributed by atoms with Crippen LogP contribution in [0.3, 0.4) is 0 Å². The molecule has 0 aliphatic carbocycles. The molecular formula is C15H15IN2O2. The summed E-state index contributed by atoms with van der Waals surface area (Å²) < 4.78 is 0.640. The normalized spacial score (nSPS) is 10.4. The lowest BCUT2D eigenvalue weighted by atomic mass is 10.1. The molecule has 0 saturated carbocycles. The highest BCUT2D eigenvalue weighted by Crippen LogP contribution is 2.30. The van der Waals surface area contributed by atoms with E-state index in [0.717, 1.165) is 11.4 Å². The maximum atomic E-state index is 10.8. The molecule has 0 N–H and O–H groups in total. The van der Waals surface area contributed by atoms with Crippen molar-refractivity contribution >= 4 is 39.7 Å². The Morgan fingerprint density at radius 2 is 1.65 bits per heavy atom. The summed E-state index contributed by atoms with van der Waals surface area (Å²) in [5, 5.41) is 10.8. The average Bonchev–Trinajstić information content (AvgIpc) is 2.36. The Bertz CT molecular complexity index is 651. The van der Waals surface area contributed by atoms with Gasteiger partial charge in [-0.3, -0.25) is 10.1 Å². The predicted octanol–water partition coefficient (Wildman–Crippen LogP) is 4.58. The van der Waals surface area contributed by atoms with E-state index >= 15 is 0 Å². The van der Waals surface area contributed by atoms with Crippen molar-refractivity contribution in [1.29, 1.82) is 0 Å². The summed E-state index contributed by atoms with van der Waals surface area (Å²) in [5.74, 6) is 0. The third-order valence-corrected chi connectivity index (χ3v) is 3.97. The van der Waals surface area contributed by atoms with Crippen LogP contribution in [0.25, 0.3) is 0 Å². The van der Waals surface area contributed by atoms with E-state index in [-0.39, 0.29) is 10.6 Å². The quantitative estimate of drug-likeness (QED) is 0.443. The van der Waals surface area contributed by atoms with E-state index in [1.54, 1.807) is 12.1 Å². The van der Waals surface area contributed by atoms with Gasteiger partial charge in [0.25, 0.3) is 5.69 Å². The molecule has 20 heavy (non-hydrogen) atoms. The van der Waals surface area contributed by atoms with Gasteiger partial charge in [-0.1, -0.05) is 6.07 Å². The lowest BCUT2D eigenvalue weighted by Crippen LogP contribution is -2.10. The smallest absolute Gasteiger partial charge is 0.282 e. The van der Waals surface area contributed by atoms with Crippen LogP contribution in [0.15, 0.2) is 36.4 Å². The number of nitrogens with zero attached hydrogens (tertiary/aromatic N) is 2. The molecular weight excluding hydrogens is 367 g/mol. The predicted molar refractivity (Wildman–Crippen MR) is 89.8 cm³/mol. The van der Waals surface area contributed by atoms with Crippen LogP contribution in [-0.4, -0.2) is 12.0 Å². The van der Waals surface area contributed by atoms with E-state index in [4.69, 9.17) is 0 Å². The van der Waals surface area contributed by atoms with Crippen LogP contribution in [0.4, 0.5) is 17.1 Å². The SMILES string of the molecule is Cc1cc(C)cc(N(C)c2ccc([N+](=O)[O-])c(I)c2)c1. The Morgan fingerprint density at radius 1 is 1.05 bits per heavy atom. The molecule has 0 unspecified atom stereocenters. The minimum absolute atomic E-state index is 0.142. The monoisotopic (exact) mass is 382 g/mol. The minimum Gasteiger partial charge on any atom is -0.345 e. The molecule has 0 spiro atoms. The van der Waals surface area contributed by atoms with Gasteiger partial charge < -0.3 is 4.90 Å². The Kier molecular flexibility index (Phi) is 4.27. The highest BCUT2D eigenvalue weighted by molar-refractivity contribution is 14.1. The van der Waals surface area contributed by atoms with Crippen molar-refractivity contribution in [3.8, 4) is 0 Å². The van der Waals surface area contributed by atoms with Gasteiger partial charge in [0, 0.05) is 24.5 Å². The second-order valence-electron chi connectivity index (χ2n) is 4.80. The second kappa shape index (κ2) is 5.78. The number of anilines is 2. The highest BCUT2D eigenvalue weighted by atomic mass is 127. The first-order valence-electron chi connectivity index (χ1n) is 6.14. The van der Waals surface area contributed by atoms with E-state index in [1.807, 2.05) is 40.6 Å². The standard InChI is InChI=1S/C15H15IN2O2/c1-10-6-11(2)8-13(7-10)17(3)12-4-5-15(18(19)20)14(16)9-12/h4-9H,1-3H3. The van der Waals surface area contributed by atoms with E-state index in [9.17, 15) is 10.1 Å². The van der Waals surface area contributed by atoms with Crippen molar-refractivity contribution in [3.63, 3.8) is 0 Å². The molecule has 0 bridgehead atoms. The fourth-order valence-corrected chi connectivity index (χ4v) is 2.84. The fraction of sp³-hybridized carbons (Fsp3) is 0.200. The van der Waals surface area contributed by atoms with Crippen LogP contribution in [-0.2, 0) is 0 Å². The summed E-state index contributed by atoms with van der Waals surface area (Å²) in [6, 6.07) is 11.5. The second-order valence-corrected chi connectivity index (χ2v) is 5.96. The summed E-state index contributed by atoms with van der Waals surface area (Å²) in [4.78, 5) is 12.5. The van der Waals surface area contributed by atoms with Crippen LogP contribution >= 0.6 is 22.6 Å². The molecule has 0 amide bonds. The Balaban J connectivity index is 2.40. The summed E-state index contributed by atoms with van der Waals surface area (Å²) in [5.41, 5.74) is 4.55. The highest BCUT2D eigenvalue weighted by Gasteiger charge is 2.14. The lowest BCUT2D eigenvalue weighted by Gasteiger charge is -2.21. The van der Waals surface area contributed by atoms with Gasteiger partial charge >= 0.3 is 0 Å². The zero-order valence-electron chi connectivity index (χ0n) is 11.6. The first kappa shape index (κ1) is 14.8. The average molecular weight is 382 g/mol. The molecule has 0 heterocycles. The third-order valence-electron chi connectivity index (χ3n) is 3.11. The molecule has 0 aromatic heterocycles. The Labute approximate surface area is 131 Å². The summed E-state index contributed by atoms with van der Waals surface area (Å²) >= 11 is 2.00. The van der Waals surface area contributed by atoms with Crippen LogP contribution in [0.1, 0.15) is 11.1 Å². The topological polar surface area (TPSA) is 46.4 Å². The van der Waals surface area contributed by atoms with Crippen molar-refractivity contribution in [2.24, 2.45) is 0 Å². The lowest BCUT2D eigenvalue weighted by molar-refractivity contribution is -0.385. The van der Waals surface area contributed by atoms with Crippen molar-refractivity contribution in [3.05, 3.63) is 61.2 Å². The van der Waals surface area contributed by atoms with Crippen molar-refractivity contribution in [2.75, 3.05) is 11.9 Å². The molecule has 2 aromatic carbocycles. The number of rotatable bonds is 3. The number of hydrogen-bond acceptors (Lipinski definition) is 3. The van der Waals surface area contributed by atoms with E-state index < -0.39 is 0 Å². The minimum atomic E-state index is -0.359. The Morgan fingerprint density at radius 3 is 2.15 bits per heavy atom. The first-order valence-corrected chi connectivity index (χ1v) is 7.22. The van der Waals surface area contributed by atoms with Crippen LogP contribution in [0.5, 0.6) is 0 Å². The molecule has 0 radical (unpaired) electrons. The molecule has 0 fully saturated rings. The Hall–Kier alpha value is -1.63.